The summed E-state index contributed by atoms with van der Waals surface area (Å²) in [6.07, 6.45) is 9.72. The molecule has 1 saturated carbocycles. The lowest BCUT2D eigenvalue weighted by molar-refractivity contribution is -0.0798. The van der Waals surface area contributed by atoms with Gasteiger partial charge in [-0.25, -0.2) is 0 Å². The van der Waals surface area contributed by atoms with E-state index in [1.807, 2.05) is 0 Å². The molecule has 2 aliphatic rings. The zero-order valence-electron chi connectivity index (χ0n) is 14.3. The van der Waals surface area contributed by atoms with E-state index in [-0.39, 0.29) is 11.2 Å². The Kier molecular flexibility index (Phi) is 5.18. The summed E-state index contributed by atoms with van der Waals surface area (Å²) in [7, 11) is 0. The average Bonchev–Trinajstić information content (AvgIpc) is 2.55. The van der Waals surface area contributed by atoms with Gasteiger partial charge in [0.1, 0.15) is 0 Å². The lowest BCUT2D eigenvalue weighted by atomic mass is 9.74. The Labute approximate surface area is 126 Å². The molecule has 2 atom stereocenters. The van der Waals surface area contributed by atoms with E-state index in [0.29, 0.717) is 12.0 Å². The van der Waals surface area contributed by atoms with E-state index in [2.05, 4.69) is 39.9 Å². The van der Waals surface area contributed by atoms with Crippen LogP contribution in [0.25, 0.3) is 0 Å². The van der Waals surface area contributed by atoms with Crippen LogP contribution in [-0.4, -0.2) is 23.8 Å². The Balaban J connectivity index is 2.14. The molecule has 0 amide bonds. The van der Waals surface area contributed by atoms with Crippen LogP contribution < -0.4 is 5.32 Å². The van der Waals surface area contributed by atoms with Gasteiger partial charge in [0.15, 0.2) is 0 Å². The van der Waals surface area contributed by atoms with Crippen LogP contribution in [0, 0.1) is 11.8 Å². The quantitative estimate of drug-likeness (QED) is 0.765. The fourth-order valence-electron chi connectivity index (χ4n) is 4.71. The number of ether oxygens (including phenoxy) is 1. The van der Waals surface area contributed by atoms with Crippen LogP contribution in [0.3, 0.4) is 0 Å². The van der Waals surface area contributed by atoms with E-state index in [9.17, 15) is 0 Å². The first-order valence-corrected chi connectivity index (χ1v) is 8.79. The van der Waals surface area contributed by atoms with Crippen LogP contribution in [0.2, 0.25) is 0 Å². The molecule has 0 bridgehead atoms. The summed E-state index contributed by atoms with van der Waals surface area (Å²) >= 11 is 0. The standard InChI is InChI=1S/C18H35NO/c1-6-19-16(14-11-9-7-8-10-12-14)15-13-17(2,3)20-18(15,4)5/h14-16,19H,6-13H2,1-5H3. The first-order chi connectivity index (χ1) is 9.36. The van der Waals surface area contributed by atoms with Crippen LogP contribution in [0.1, 0.15) is 79.6 Å². The first-order valence-electron chi connectivity index (χ1n) is 8.79. The largest absolute Gasteiger partial charge is 0.369 e. The van der Waals surface area contributed by atoms with Gasteiger partial charge in [-0.2, -0.15) is 0 Å². The van der Waals surface area contributed by atoms with Crippen molar-refractivity contribution < 1.29 is 4.74 Å². The molecule has 2 fully saturated rings. The van der Waals surface area contributed by atoms with Crippen LogP contribution in [0.4, 0.5) is 0 Å². The molecule has 2 rings (SSSR count). The number of nitrogens with one attached hydrogen (secondary N) is 1. The highest BCUT2D eigenvalue weighted by atomic mass is 16.5. The maximum absolute atomic E-state index is 6.36. The molecule has 1 aliphatic carbocycles. The zero-order valence-corrected chi connectivity index (χ0v) is 14.3. The summed E-state index contributed by atoms with van der Waals surface area (Å²) in [5.74, 6) is 1.49. The summed E-state index contributed by atoms with van der Waals surface area (Å²) in [5.41, 5.74) is 0.0369. The molecule has 1 saturated heterocycles. The van der Waals surface area contributed by atoms with Crippen molar-refractivity contribution in [1.29, 1.82) is 0 Å². The van der Waals surface area contributed by atoms with Crippen molar-refractivity contribution in [2.75, 3.05) is 6.54 Å². The second-order valence-electron chi connectivity index (χ2n) is 8.11. The van der Waals surface area contributed by atoms with Gasteiger partial charge in [-0.3, -0.25) is 0 Å². The third kappa shape index (κ3) is 3.76. The molecule has 1 heterocycles. The van der Waals surface area contributed by atoms with Gasteiger partial charge < -0.3 is 10.1 Å². The second-order valence-corrected chi connectivity index (χ2v) is 8.11. The number of hydrogen-bond donors (Lipinski definition) is 1. The molecule has 0 aromatic rings. The fraction of sp³-hybridized carbons (Fsp3) is 1.00. The molecule has 2 nitrogen and oxygen atoms in total. The number of hydrogen-bond acceptors (Lipinski definition) is 2. The van der Waals surface area contributed by atoms with Crippen LogP contribution in [0.15, 0.2) is 0 Å². The second kappa shape index (κ2) is 6.36. The van der Waals surface area contributed by atoms with Crippen molar-refractivity contribution in [1.82, 2.24) is 5.32 Å². The fourth-order valence-corrected chi connectivity index (χ4v) is 4.71. The third-order valence-electron chi connectivity index (χ3n) is 5.42. The monoisotopic (exact) mass is 281 g/mol. The highest BCUT2D eigenvalue weighted by Gasteiger charge is 2.50. The Bertz CT molecular complexity index is 303. The molecule has 1 N–H and O–H groups in total. The minimum absolute atomic E-state index is 0.00262. The Hall–Kier alpha value is -0.0800. The molecular weight excluding hydrogens is 246 g/mol. The third-order valence-corrected chi connectivity index (χ3v) is 5.42. The van der Waals surface area contributed by atoms with E-state index >= 15 is 0 Å². The predicted octanol–water partition coefficient (Wildman–Crippen LogP) is 4.53. The highest BCUT2D eigenvalue weighted by molar-refractivity contribution is 5.01. The SMILES string of the molecule is CCNC(C1CCCCCC1)C1CC(C)(C)OC1(C)C. The Morgan fingerprint density at radius 3 is 2.10 bits per heavy atom. The molecule has 1 aliphatic heterocycles. The minimum Gasteiger partial charge on any atom is -0.369 e. The van der Waals surface area contributed by atoms with E-state index in [1.165, 1.54) is 44.9 Å². The number of rotatable bonds is 4. The molecule has 2 unspecified atom stereocenters. The van der Waals surface area contributed by atoms with Gasteiger partial charge in [0.25, 0.3) is 0 Å². The summed E-state index contributed by atoms with van der Waals surface area (Å²) < 4.78 is 6.36. The molecule has 0 radical (unpaired) electrons. The first kappa shape index (κ1) is 16.3. The zero-order chi connectivity index (χ0) is 14.8. The summed E-state index contributed by atoms with van der Waals surface area (Å²) in [5, 5.41) is 3.84. The van der Waals surface area contributed by atoms with Crippen molar-refractivity contribution >= 4 is 0 Å². The topological polar surface area (TPSA) is 21.3 Å². The van der Waals surface area contributed by atoms with Gasteiger partial charge in [0.2, 0.25) is 0 Å². The molecule has 2 heteroatoms. The Morgan fingerprint density at radius 1 is 1.05 bits per heavy atom. The molecule has 0 aromatic carbocycles. The van der Waals surface area contributed by atoms with E-state index in [4.69, 9.17) is 4.74 Å². The smallest absolute Gasteiger partial charge is 0.0677 e. The molecular formula is C18H35NO. The van der Waals surface area contributed by atoms with Crippen LogP contribution in [-0.2, 0) is 4.74 Å². The van der Waals surface area contributed by atoms with Crippen molar-refractivity contribution in [2.24, 2.45) is 11.8 Å². The molecule has 118 valence electrons. The maximum Gasteiger partial charge on any atom is 0.0677 e. The van der Waals surface area contributed by atoms with Crippen molar-refractivity contribution in [3.8, 4) is 0 Å². The van der Waals surface area contributed by atoms with Crippen molar-refractivity contribution in [3.05, 3.63) is 0 Å². The maximum atomic E-state index is 6.36. The average molecular weight is 281 g/mol. The summed E-state index contributed by atoms with van der Waals surface area (Å²) in [6.45, 7) is 12.4. The van der Waals surface area contributed by atoms with E-state index in [1.54, 1.807) is 0 Å². The van der Waals surface area contributed by atoms with E-state index < -0.39 is 0 Å². The predicted molar refractivity (Wildman–Crippen MR) is 86.0 cm³/mol. The van der Waals surface area contributed by atoms with Crippen molar-refractivity contribution in [2.45, 2.75) is 96.8 Å². The summed E-state index contributed by atoms with van der Waals surface area (Å²) in [6, 6.07) is 0.634. The molecule has 20 heavy (non-hydrogen) atoms. The highest BCUT2D eigenvalue weighted by Crippen LogP contribution is 2.46. The van der Waals surface area contributed by atoms with Gasteiger partial charge in [-0.1, -0.05) is 32.6 Å². The van der Waals surface area contributed by atoms with E-state index in [0.717, 1.165) is 12.5 Å². The van der Waals surface area contributed by atoms with Crippen molar-refractivity contribution in [3.63, 3.8) is 0 Å². The summed E-state index contributed by atoms with van der Waals surface area (Å²) in [4.78, 5) is 0. The van der Waals surface area contributed by atoms with Gasteiger partial charge >= 0.3 is 0 Å². The van der Waals surface area contributed by atoms with Gasteiger partial charge in [0.05, 0.1) is 11.2 Å². The lowest BCUT2D eigenvalue weighted by Gasteiger charge is -2.38. The van der Waals surface area contributed by atoms with Gasteiger partial charge in [0, 0.05) is 12.0 Å². The van der Waals surface area contributed by atoms with Gasteiger partial charge in [-0.15, -0.1) is 0 Å². The lowest BCUT2D eigenvalue weighted by Crippen LogP contribution is -2.48. The Morgan fingerprint density at radius 2 is 1.65 bits per heavy atom. The molecule has 0 aromatic heterocycles. The van der Waals surface area contributed by atoms with Crippen LogP contribution in [0.5, 0.6) is 0 Å². The van der Waals surface area contributed by atoms with Gasteiger partial charge in [-0.05, 0) is 59.4 Å². The molecule has 0 spiro atoms. The normalized spacial score (nSPS) is 31.9. The van der Waals surface area contributed by atoms with Crippen LogP contribution >= 0.6 is 0 Å². The minimum atomic E-state index is 0.00262.